The lowest BCUT2D eigenvalue weighted by molar-refractivity contribution is 0.581. The van der Waals surface area contributed by atoms with Crippen molar-refractivity contribution in [2.45, 2.75) is 27.2 Å². The Bertz CT molecular complexity index is 551. The van der Waals surface area contributed by atoms with Crippen molar-refractivity contribution in [3.05, 3.63) is 12.7 Å². The molecule has 0 aromatic carbocycles. The highest BCUT2D eigenvalue weighted by Gasteiger charge is 2.12. The Kier molecular flexibility index (Phi) is 5.02. The molecule has 2 aromatic rings. The van der Waals surface area contributed by atoms with E-state index in [-0.39, 0.29) is 0 Å². The minimum absolute atomic E-state index is 0.463. The maximum Gasteiger partial charge on any atom is 0.258 e. The molecule has 0 unspecified atom stereocenters. The van der Waals surface area contributed by atoms with Gasteiger partial charge in [0.1, 0.15) is 12.7 Å². The van der Waals surface area contributed by atoms with E-state index in [0.29, 0.717) is 23.8 Å². The van der Waals surface area contributed by atoms with Crippen LogP contribution < -0.4 is 10.2 Å². The molecule has 2 rings (SSSR count). The van der Waals surface area contributed by atoms with Crippen LogP contribution in [0.15, 0.2) is 12.7 Å². The molecule has 21 heavy (non-hydrogen) atoms. The topological polar surface area (TPSA) is 84.7 Å². The second kappa shape index (κ2) is 6.96. The Balaban J connectivity index is 2.27. The molecule has 0 fully saturated rings. The number of aromatic nitrogens is 6. The van der Waals surface area contributed by atoms with Gasteiger partial charge in [-0.3, -0.25) is 0 Å². The first-order valence-electron chi connectivity index (χ1n) is 7.16. The van der Waals surface area contributed by atoms with E-state index in [4.69, 9.17) is 0 Å². The van der Waals surface area contributed by atoms with Crippen molar-refractivity contribution in [1.29, 1.82) is 0 Å². The summed E-state index contributed by atoms with van der Waals surface area (Å²) in [7, 11) is 1.98. The number of rotatable bonds is 7. The van der Waals surface area contributed by atoms with Gasteiger partial charge in [0.25, 0.3) is 5.95 Å². The molecule has 0 radical (unpaired) electrons. The van der Waals surface area contributed by atoms with Crippen LogP contribution in [0.3, 0.4) is 0 Å². The van der Waals surface area contributed by atoms with Crippen LogP contribution in [0.1, 0.15) is 27.2 Å². The van der Waals surface area contributed by atoms with Gasteiger partial charge < -0.3 is 10.2 Å². The highest BCUT2D eigenvalue weighted by molar-refractivity contribution is 5.39. The Morgan fingerprint density at radius 3 is 2.71 bits per heavy atom. The van der Waals surface area contributed by atoms with Crippen molar-refractivity contribution in [2.24, 2.45) is 5.92 Å². The van der Waals surface area contributed by atoms with Gasteiger partial charge in [0.05, 0.1) is 0 Å². The van der Waals surface area contributed by atoms with E-state index in [2.05, 4.69) is 44.2 Å². The van der Waals surface area contributed by atoms with Gasteiger partial charge >= 0.3 is 0 Å². The maximum atomic E-state index is 4.46. The van der Waals surface area contributed by atoms with Crippen molar-refractivity contribution in [1.82, 2.24) is 29.7 Å². The summed E-state index contributed by atoms with van der Waals surface area (Å²) < 4.78 is 1.53. The van der Waals surface area contributed by atoms with Crippen molar-refractivity contribution >= 4 is 11.9 Å². The number of nitrogens with zero attached hydrogens (tertiary/aromatic N) is 7. The summed E-state index contributed by atoms with van der Waals surface area (Å²) >= 11 is 0. The minimum Gasteiger partial charge on any atom is -0.354 e. The molecule has 114 valence electrons. The van der Waals surface area contributed by atoms with Gasteiger partial charge in [0.15, 0.2) is 0 Å². The molecule has 0 bridgehead atoms. The van der Waals surface area contributed by atoms with E-state index >= 15 is 0 Å². The van der Waals surface area contributed by atoms with Crippen LogP contribution in [0, 0.1) is 5.92 Å². The van der Waals surface area contributed by atoms with E-state index in [1.165, 1.54) is 11.0 Å². The summed E-state index contributed by atoms with van der Waals surface area (Å²) in [6, 6.07) is 0. The standard InChI is InChI=1S/C13H22N8/c1-5-15-11-17-12(20(4)7-6-10(2)3)19-13(18-11)21-9-14-8-16-21/h8-10H,5-7H2,1-4H3,(H,15,17,18,19). The predicted octanol–water partition coefficient (Wildman–Crippen LogP) is 1.37. The molecule has 8 nitrogen and oxygen atoms in total. The summed E-state index contributed by atoms with van der Waals surface area (Å²) in [6.07, 6.45) is 4.11. The monoisotopic (exact) mass is 290 g/mol. The third-order valence-electron chi connectivity index (χ3n) is 2.95. The van der Waals surface area contributed by atoms with Crippen LogP contribution in [-0.2, 0) is 0 Å². The van der Waals surface area contributed by atoms with Gasteiger partial charge in [-0.25, -0.2) is 4.98 Å². The van der Waals surface area contributed by atoms with E-state index < -0.39 is 0 Å². The smallest absolute Gasteiger partial charge is 0.258 e. The van der Waals surface area contributed by atoms with Crippen LogP contribution in [0.4, 0.5) is 11.9 Å². The zero-order valence-electron chi connectivity index (χ0n) is 13.0. The van der Waals surface area contributed by atoms with Gasteiger partial charge in [0.2, 0.25) is 11.9 Å². The molecule has 2 heterocycles. The number of nitrogens with one attached hydrogen (secondary N) is 1. The Morgan fingerprint density at radius 2 is 2.10 bits per heavy atom. The molecule has 0 aliphatic heterocycles. The van der Waals surface area contributed by atoms with Gasteiger partial charge in [-0.15, -0.1) is 0 Å². The van der Waals surface area contributed by atoms with E-state index in [1.54, 1.807) is 6.33 Å². The van der Waals surface area contributed by atoms with E-state index in [0.717, 1.165) is 19.5 Å². The molecule has 0 aliphatic carbocycles. The molecule has 0 spiro atoms. The molecular weight excluding hydrogens is 268 g/mol. The first-order valence-corrected chi connectivity index (χ1v) is 7.16. The minimum atomic E-state index is 0.463. The molecular formula is C13H22N8. The molecule has 0 aliphatic rings. The largest absolute Gasteiger partial charge is 0.354 e. The van der Waals surface area contributed by atoms with E-state index in [9.17, 15) is 0 Å². The van der Waals surface area contributed by atoms with Gasteiger partial charge in [-0.2, -0.15) is 24.7 Å². The van der Waals surface area contributed by atoms with Crippen LogP contribution in [0.2, 0.25) is 0 Å². The fourth-order valence-electron chi connectivity index (χ4n) is 1.73. The average molecular weight is 290 g/mol. The zero-order chi connectivity index (χ0) is 15.2. The fourth-order valence-corrected chi connectivity index (χ4v) is 1.73. The molecule has 0 saturated heterocycles. The second-order valence-corrected chi connectivity index (χ2v) is 5.23. The SMILES string of the molecule is CCNc1nc(N(C)CCC(C)C)nc(-n2cncn2)n1. The summed E-state index contributed by atoms with van der Waals surface area (Å²) in [4.78, 5) is 19.2. The van der Waals surface area contributed by atoms with Crippen LogP contribution in [-0.4, -0.2) is 49.9 Å². The average Bonchev–Trinajstić information content (AvgIpc) is 2.99. The molecule has 0 saturated carbocycles. The summed E-state index contributed by atoms with van der Waals surface area (Å²) in [5.74, 6) is 2.28. The third-order valence-corrected chi connectivity index (χ3v) is 2.95. The molecule has 0 amide bonds. The Labute approximate surface area is 124 Å². The lowest BCUT2D eigenvalue weighted by Crippen LogP contribution is -2.24. The van der Waals surface area contributed by atoms with Crippen LogP contribution in [0.25, 0.3) is 5.95 Å². The number of hydrogen-bond acceptors (Lipinski definition) is 7. The van der Waals surface area contributed by atoms with Crippen molar-refractivity contribution < 1.29 is 0 Å². The zero-order valence-corrected chi connectivity index (χ0v) is 13.0. The van der Waals surface area contributed by atoms with Crippen LogP contribution in [0.5, 0.6) is 0 Å². The molecule has 0 atom stereocenters. The summed E-state index contributed by atoms with van der Waals surface area (Å²) in [5.41, 5.74) is 0. The summed E-state index contributed by atoms with van der Waals surface area (Å²) in [5, 5.41) is 7.19. The Morgan fingerprint density at radius 1 is 1.29 bits per heavy atom. The molecule has 8 heteroatoms. The van der Waals surface area contributed by atoms with Gasteiger partial charge in [0, 0.05) is 20.1 Å². The second-order valence-electron chi connectivity index (χ2n) is 5.23. The van der Waals surface area contributed by atoms with Gasteiger partial charge in [-0.1, -0.05) is 13.8 Å². The lowest BCUT2D eigenvalue weighted by Gasteiger charge is -2.19. The van der Waals surface area contributed by atoms with Crippen molar-refractivity contribution in [2.75, 3.05) is 30.4 Å². The first-order chi connectivity index (χ1) is 10.1. The van der Waals surface area contributed by atoms with Gasteiger partial charge in [-0.05, 0) is 19.3 Å². The number of hydrogen-bond donors (Lipinski definition) is 1. The lowest BCUT2D eigenvalue weighted by atomic mass is 10.1. The number of anilines is 2. The predicted molar refractivity (Wildman–Crippen MR) is 81.6 cm³/mol. The Hall–Kier alpha value is -2.25. The van der Waals surface area contributed by atoms with Crippen molar-refractivity contribution in [3.8, 4) is 5.95 Å². The quantitative estimate of drug-likeness (QED) is 0.824. The maximum absolute atomic E-state index is 4.46. The van der Waals surface area contributed by atoms with Crippen molar-refractivity contribution in [3.63, 3.8) is 0 Å². The highest BCUT2D eigenvalue weighted by Crippen LogP contribution is 2.13. The molecule has 1 N–H and O–H groups in total. The first kappa shape index (κ1) is 15.1. The third kappa shape index (κ3) is 4.11. The van der Waals surface area contributed by atoms with E-state index in [1.807, 2.05) is 18.9 Å². The van der Waals surface area contributed by atoms with Crippen LogP contribution >= 0.6 is 0 Å². The summed E-state index contributed by atoms with van der Waals surface area (Å²) in [6.45, 7) is 8.04. The normalized spacial score (nSPS) is 10.9. The fraction of sp³-hybridized carbons (Fsp3) is 0.615. The molecule has 2 aromatic heterocycles. The highest BCUT2D eigenvalue weighted by atomic mass is 15.4.